The Morgan fingerprint density at radius 3 is 2.29 bits per heavy atom. The van der Waals surface area contributed by atoms with Crippen molar-refractivity contribution in [3.05, 3.63) is 46.5 Å². The van der Waals surface area contributed by atoms with E-state index in [1.807, 2.05) is 0 Å². The molecule has 1 aromatic carbocycles. The molecule has 2 aromatic rings. The molecular formula is C12H10N2O5S2. The van der Waals surface area contributed by atoms with Gasteiger partial charge in [-0.1, -0.05) is 11.3 Å². The van der Waals surface area contributed by atoms with E-state index < -0.39 is 14.8 Å². The number of rotatable bonds is 4. The van der Waals surface area contributed by atoms with E-state index in [9.17, 15) is 23.3 Å². The number of hydrogen-bond acceptors (Lipinski definition) is 6. The van der Waals surface area contributed by atoms with Crippen LogP contribution in [0.5, 0.6) is 0 Å². The van der Waals surface area contributed by atoms with Crippen molar-refractivity contribution in [3.8, 4) is 0 Å². The number of nitro groups is 1. The van der Waals surface area contributed by atoms with E-state index in [1.54, 1.807) is 0 Å². The summed E-state index contributed by atoms with van der Waals surface area (Å²) in [5, 5.41) is 12.9. The molecular weight excluding hydrogens is 316 g/mol. The van der Waals surface area contributed by atoms with Crippen molar-refractivity contribution < 1.29 is 18.1 Å². The lowest BCUT2D eigenvalue weighted by Gasteiger charge is -2.04. The molecule has 21 heavy (non-hydrogen) atoms. The maximum atomic E-state index is 12.3. The molecule has 0 radical (unpaired) electrons. The highest BCUT2D eigenvalue weighted by Gasteiger charge is 2.23. The third kappa shape index (κ3) is 3.26. The van der Waals surface area contributed by atoms with Crippen LogP contribution in [0.2, 0.25) is 0 Å². The Bertz CT molecular complexity index is 793. The van der Waals surface area contributed by atoms with E-state index in [4.69, 9.17) is 0 Å². The van der Waals surface area contributed by atoms with Crippen molar-refractivity contribution in [1.29, 1.82) is 0 Å². The molecule has 110 valence electrons. The molecule has 2 rings (SSSR count). The van der Waals surface area contributed by atoms with Crippen LogP contribution >= 0.6 is 11.3 Å². The minimum Gasteiger partial charge on any atom is -0.326 e. The molecule has 0 saturated carbocycles. The Morgan fingerprint density at radius 1 is 1.19 bits per heavy atom. The van der Waals surface area contributed by atoms with Gasteiger partial charge >= 0.3 is 5.00 Å². The molecule has 1 amide bonds. The van der Waals surface area contributed by atoms with Gasteiger partial charge in [-0.3, -0.25) is 14.9 Å². The molecule has 0 saturated heterocycles. The summed E-state index contributed by atoms with van der Waals surface area (Å²) in [5.41, 5.74) is 0.471. The number of anilines is 1. The van der Waals surface area contributed by atoms with Crippen molar-refractivity contribution >= 4 is 37.8 Å². The average Bonchev–Trinajstić information content (AvgIpc) is 2.89. The molecule has 0 aliphatic rings. The van der Waals surface area contributed by atoms with E-state index in [2.05, 4.69) is 5.32 Å². The first kappa shape index (κ1) is 15.1. The van der Waals surface area contributed by atoms with Gasteiger partial charge in [-0.25, -0.2) is 8.42 Å². The molecule has 9 heteroatoms. The zero-order chi connectivity index (χ0) is 15.6. The van der Waals surface area contributed by atoms with Crippen molar-refractivity contribution in [2.24, 2.45) is 0 Å². The summed E-state index contributed by atoms with van der Waals surface area (Å²) in [6.45, 7) is 1.34. The zero-order valence-electron chi connectivity index (χ0n) is 10.8. The Balaban J connectivity index is 2.34. The maximum absolute atomic E-state index is 12.3. The number of benzene rings is 1. The molecule has 0 aliphatic carbocycles. The highest BCUT2D eigenvalue weighted by atomic mass is 32.2. The maximum Gasteiger partial charge on any atom is 0.325 e. The van der Waals surface area contributed by atoms with Crippen molar-refractivity contribution in [2.75, 3.05) is 5.32 Å². The van der Waals surface area contributed by atoms with Crippen LogP contribution in [0.1, 0.15) is 6.92 Å². The Kier molecular flexibility index (Phi) is 4.05. The fourth-order valence-electron chi connectivity index (χ4n) is 1.59. The van der Waals surface area contributed by atoms with Gasteiger partial charge in [0.25, 0.3) is 0 Å². The molecule has 0 atom stereocenters. The van der Waals surface area contributed by atoms with Gasteiger partial charge in [0.2, 0.25) is 15.7 Å². The van der Waals surface area contributed by atoms with Crippen molar-refractivity contribution in [1.82, 2.24) is 0 Å². The van der Waals surface area contributed by atoms with Gasteiger partial charge in [0.1, 0.15) is 4.21 Å². The van der Waals surface area contributed by atoms with E-state index in [0.29, 0.717) is 17.0 Å². The van der Waals surface area contributed by atoms with Crippen LogP contribution in [0.3, 0.4) is 0 Å². The van der Waals surface area contributed by atoms with E-state index in [-0.39, 0.29) is 20.0 Å². The quantitative estimate of drug-likeness (QED) is 0.686. The van der Waals surface area contributed by atoms with Crippen LogP contribution in [0.4, 0.5) is 10.7 Å². The predicted molar refractivity (Wildman–Crippen MR) is 77.2 cm³/mol. The van der Waals surface area contributed by atoms with Gasteiger partial charge in [0, 0.05) is 18.7 Å². The van der Waals surface area contributed by atoms with Crippen LogP contribution in [-0.4, -0.2) is 19.2 Å². The first-order valence-electron chi connectivity index (χ1n) is 5.67. The highest BCUT2D eigenvalue weighted by Crippen LogP contribution is 2.32. The smallest absolute Gasteiger partial charge is 0.325 e. The summed E-state index contributed by atoms with van der Waals surface area (Å²) in [7, 11) is -3.80. The monoisotopic (exact) mass is 326 g/mol. The summed E-state index contributed by atoms with van der Waals surface area (Å²) in [6.07, 6.45) is 0. The molecule has 0 fully saturated rings. The lowest BCUT2D eigenvalue weighted by Crippen LogP contribution is -2.06. The summed E-state index contributed by atoms with van der Waals surface area (Å²) < 4.78 is 24.5. The van der Waals surface area contributed by atoms with E-state index >= 15 is 0 Å². The molecule has 1 heterocycles. The SMILES string of the molecule is CC(=O)Nc1ccc(S(=O)(=O)c2ccc([N+](=O)[O-])s2)cc1. The van der Waals surface area contributed by atoms with Crippen LogP contribution in [0, 0.1) is 10.1 Å². The first-order chi connectivity index (χ1) is 9.80. The summed E-state index contributed by atoms with van der Waals surface area (Å²) in [6, 6.07) is 7.95. The number of carbonyl (C=O) groups is 1. The number of amides is 1. The molecule has 0 bridgehead atoms. The van der Waals surface area contributed by atoms with Crippen LogP contribution in [-0.2, 0) is 14.6 Å². The Labute approximate surface area is 124 Å². The van der Waals surface area contributed by atoms with Crippen LogP contribution < -0.4 is 5.32 Å². The molecule has 1 aromatic heterocycles. The van der Waals surface area contributed by atoms with Gasteiger partial charge in [0.05, 0.1) is 9.82 Å². The highest BCUT2D eigenvalue weighted by molar-refractivity contribution is 7.93. The number of thiophene rings is 1. The summed E-state index contributed by atoms with van der Waals surface area (Å²) in [5.74, 6) is -0.264. The number of nitrogens with one attached hydrogen (secondary N) is 1. The van der Waals surface area contributed by atoms with Crippen LogP contribution in [0.25, 0.3) is 0 Å². The average molecular weight is 326 g/mol. The molecule has 7 nitrogen and oxygen atoms in total. The van der Waals surface area contributed by atoms with E-state index in [0.717, 1.165) is 6.07 Å². The third-order valence-corrected chi connectivity index (χ3v) is 5.80. The summed E-state index contributed by atoms with van der Waals surface area (Å²) >= 11 is 0.601. The van der Waals surface area contributed by atoms with Crippen LogP contribution in [0.15, 0.2) is 45.5 Å². The number of nitrogens with zero attached hydrogens (tertiary/aromatic N) is 1. The zero-order valence-corrected chi connectivity index (χ0v) is 12.4. The standard InChI is InChI=1S/C12H10N2O5S2/c1-8(15)13-9-2-4-10(5-3-9)21(18,19)12-7-6-11(20-12)14(16)17/h2-7H,1H3,(H,13,15). The fraction of sp³-hybridized carbons (Fsp3) is 0.0833. The summed E-state index contributed by atoms with van der Waals surface area (Å²) in [4.78, 5) is 20.9. The fourth-order valence-corrected chi connectivity index (χ4v) is 4.10. The largest absolute Gasteiger partial charge is 0.326 e. The second-order valence-corrected chi connectivity index (χ2v) is 7.30. The molecule has 0 unspecified atom stereocenters. The third-order valence-electron chi connectivity index (χ3n) is 2.50. The lowest BCUT2D eigenvalue weighted by atomic mass is 10.3. The second kappa shape index (κ2) is 5.62. The number of hydrogen-bond donors (Lipinski definition) is 1. The van der Waals surface area contributed by atoms with Crippen molar-refractivity contribution in [3.63, 3.8) is 0 Å². The lowest BCUT2D eigenvalue weighted by molar-refractivity contribution is -0.380. The van der Waals surface area contributed by atoms with Gasteiger partial charge in [-0.2, -0.15) is 0 Å². The minimum absolute atomic E-state index is 0.00773. The van der Waals surface area contributed by atoms with Gasteiger partial charge < -0.3 is 5.32 Å². The Morgan fingerprint density at radius 2 is 1.81 bits per heavy atom. The number of carbonyl (C=O) groups excluding carboxylic acids is 1. The normalized spacial score (nSPS) is 11.1. The molecule has 1 N–H and O–H groups in total. The minimum atomic E-state index is -3.80. The second-order valence-electron chi connectivity index (χ2n) is 4.06. The molecule has 0 aliphatic heterocycles. The van der Waals surface area contributed by atoms with Gasteiger partial charge in [-0.15, -0.1) is 0 Å². The van der Waals surface area contributed by atoms with Crippen molar-refractivity contribution in [2.45, 2.75) is 16.0 Å². The first-order valence-corrected chi connectivity index (χ1v) is 7.97. The topological polar surface area (TPSA) is 106 Å². The predicted octanol–water partition coefficient (Wildman–Crippen LogP) is 2.45. The van der Waals surface area contributed by atoms with E-state index in [1.165, 1.54) is 37.3 Å². The van der Waals surface area contributed by atoms with Gasteiger partial charge in [-0.05, 0) is 30.3 Å². The van der Waals surface area contributed by atoms with Gasteiger partial charge in [0.15, 0.2) is 0 Å². The number of sulfone groups is 1. The Hall–Kier alpha value is -2.26. The molecule has 0 spiro atoms.